The quantitative estimate of drug-likeness (QED) is 0.702. The zero-order chi connectivity index (χ0) is 12.5. The highest BCUT2D eigenvalue weighted by atomic mass is 35.5. The van der Waals surface area contributed by atoms with E-state index in [1.54, 1.807) is 7.11 Å². The third-order valence-electron chi connectivity index (χ3n) is 2.61. The van der Waals surface area contributed by atoms with Crippen LogP contribution in [0, 0.1) is 0 Å². The number of methoxy groups -OCH3 is 1. The van der Waals surface area contributed by atoms with Crippen molar-refractivity contribution in [2.75, 3.05) is 25.5 Å². The van der Waals surface area contributed by atoms with Gasteiger partial charge in [-0.2, -0.15) is 0 Å². The summed E-state index contributed by atoms with van der Waals surface area (Å²) in [5, 5.41) is 3.98. The number of hydrogen-bond donors (Lipinski definition) is 2. The number of nitrogens with two attached hydrogens (primary N) is 1. The lowest BCUT2D eigenvalue weighted by Gasteiger charge is -2.08. The van der Waals surface area contributed by atoms with Gasteiger partial charge in [0.15, 0.2) is 0 Å². The predicted molar refractivity (Wildman–Crippen MR) is 74.0 cm³/mol. The molecule has 1 aromatic carbocycles. The first-order valence-electron chi connectivity index (χ1n) is 6.05. The molecule has 0 spiro atoms. The van der Waals surface area contributed by atoms with E-state index in [2.05, 4.69) is 5.32 Å². The fourth-order valence-corrected chi connectivity index (χ4v) is 1.89. The fraction of sp³-hybridized carbons (Fsp3) is 0.538. The molecule has 0 amide bonds. The Balaban J connectivity index is 2.25. The van der Waals surface area contributed by atoms with E-state index in [4.69, 9.17) is 22.1 Å². The Morgan fingerprint density at radius 2 is 2.00 bits per heavy atom. The number of benzene rings is 1. The van der Waals surface area contributed by atoms with Crippen molar-refractivity contribution in [3.63, 3.8) is 0 Å². The van der Waals surface area contributed by atoms with E-state index in [1.807, 2.05) is 18.2 Å². The van der Waals surface area contributed by atoms with Crippen molar-refractivity contribution in [2.24, 2.45) is 5.73 Å². The van der Waals surface area contributed by atoms with E-state index in [1.165, 1.54) is 12.8 Å². The maximum atomic E-state index is 6.03. The van der Waals surface area contributed by atoms with Crippen LogP contribution in [-0.2, 0) is 0 Å². The van der Waals surface area contributed by atoms with Crippen LogP contribution in [0.4, 0.5) is 5.69 Å². The van der Waals surface area contributed by atoms with Gasteiger partial charge in [0.1, 0.15) is 5.75 Å². The molecule has 0 aliphatic carbocycles. The second kappa shape index (κ2) is 8.20. The lowest BCUT2D eigenvalue weighted by Crippen LogP contribution is -2.02. The largest absolute Gasteiger partial charge is 0.495 e. The van der Waals surface area contributed by atoms with Crippen LogP contribution in [0.25, 0.3) is 0 Å². The third kappa shape index (κ3) is 5.29. The summed E-state index contributed by atoms with van der Waals surface area (Å²) in [5.74, 6) is 0.708. The molecule has 1 rings (SSSR count). The van der Waals surface area contributed by atoms with E-state index in [-0.39, 0.29) is 0 Å². The van der Waals surface area contributed by atoms with Gasteiger partial charge in [-0.25, -0.2) is 0 Å². The lowest BCUT2D eigenvalue weighted by atomic mass is 10.2. The standard InChI is InChI=1S/C13H21ClN2O/c1-17-13-7-6-11(10-12(13)14)16-9-5-3-2-4-8-15/h6-7,10,16H,2-5,8-9,15H2,1H3. The maximum Gasteiger partial charge on any atom is 0.137 e. The normalized spacial score (nSPS) is 10.3. The first-order chi connectivity index (χ1) is 8.27. The van der Waals surface area contributed by atoms with Crippen molar-refractivity contribution in [3.05, 3.63) is 23.2 Å². The lowest BCUT2D eigenvalue weighted by molar-refractivity contribution is 0.415. The summed E-state index contributed by atoms with van der Waals surface area (Å²) < 4.78 is 5.10. The molecule has 3 N–H and O–H groups in total. The first-order valence-corrected chi connectivity index (χ1v) is 6.43. The van der Waals surface area contributed by atoms with Crippen molar-refractivity contribution in [1.82, 2.24) is 0 Å². The van der Waals surface area contributed by atoms with Gasteiger partial charge in [-0.1, -0.05) is 24.4 Å². The number of halogens is 1. The second-order valence-corrected chi connectivity index (χ2v) is 4.39. The van der Waals surface area contributed by atoms with Crippen LogP contribution < -0.4 is 15.8 Å². The summed E-state index contributed by atoms with van der Waals surface area (Å²) in [6, 6.07) is 5.74. The van der Waals surface area contributed by atoms with Crippen molar-refractivity contribution < 1.29 is 4.74 Å². The van der Waals surface area contributed by atoms with Crippen molar-refractivity contribution >= 4 is 17.3 Å². The van der Waals surface area contributed by atoms with Gasteiger partial charge in [0.25, 0.3) is 0 Å². The molecule has 17 heavy (non-hydrogen) atoms. The highest BCUT2D eigenvalue weighted by molar-refractivity contribution is 6.32. The fourth-order valence-electron chi connectivity index (χ4n) is 1.63. The van der Waals surface area contributed by atoms with Gasteiger partial charge in [-0.3, -0.25) is 0 Å². The van der Waals surface area contributed by atoms with Gasteiger partial charge in [0.2, 0.25) is 0 Å². The number of nitrogens with one attached hydrogen (secondary N) is 1. The molecule has 0 aromatic heterocycles. The number of ether oxygens (including phenoxy) is 1. The van der Waals surface area contributed by atoms with Crippen molar-refractivity contribution in [1.29, 1.82) is 0 Å². The average Bonchev–Trinajstić information content (AvgIpc) is 2.34. The van der Waals surface area contributed by atoms with Gasteiger partial charge >= 0.3 is 0 Å². The Kier molecular flexibility index (Phi) is 6.82. The Morgan fingerprint density at radius 3 is 2.65 bits per heavy atom. The highest BCUT2D eigenvalue weighted by Gasteiger charge is 2.00. The molecular weight excluding hydrogens is 236 g/mol. The van der Waals surface area contributed by atoms with Gasteiger partial charge in [-0.15, -0.1) is 0 Å². The van der Waals surface area contributed by atoms with Gasteiger partial charge in [-0.05, 0) is 37.6 Å². The van der Waals surface area contributed by atoms with Gasteiger partial charge in [0.05, 0.1) is 12.1 Å². The molecule has 0 aliphatic heterocycles. The van der Waals surface area contributed by atoms with Gasteiger partial charge in [0, 0.05) is 12.2 Å². The zero-order valence-electron chi connectivity index (χ0n) is 10.3. The van der Waals surface area contributed by atoms with Crippen LogP contribution in [0.1, 0.15) is 25.7 Å². The molecule has 3 nitrogen and oxygen atoms in total. The van der Waals surface area contributed by atoms with Crippen LogP contribution in [0.2, 0.25) is 5.02 Å². The third-order valence-corrected chi connectivity index (χ3v) is 2.91. The summed E-state index contributed by atoms with van der Waals surface area (Å²) >= 11 is 6.03. The predicted octanol–water partition coefficient (Wildman–Crippen LogP) is 3.28. The minimum atomic E-state index is 0.639. The second-order valence-electron chi connectivity index (χ2n) is 3.98. The molecule has 0 heterocycles. The number of rotatable bonds is 8. The summed E-state index contributed by atoms with van der Waals surface area (Å²) in [6.07, 6.45) is 4.70. The van der Waals surface area contributed by atoms with E-state index in [0.29, 0.717) is 10.8 Å². The highest BCUT2D eigenvalue weighted by Crippen LogP contribution is 2.27. The van der Waals surface area contributed by atoms with E-state index in [0.717, 1.165) is 31.6 Å². The van der Waals surface area contributed by atoms with Crippen LogP contribution in [0.5, 0.6) is 5.75 Å². The molecule has 0 fully saturated rings. The zero-order valence-corrected chi connectivity index (χ0v) is 11.1. The Bertz CT molecular complexity index is 331. The molecule has 0 saturated carbocycles. The van der Waals surface area contributed by atoms with Crippen LogP contribution >= 0.6 is 11.6 Å². The first kappa shape index (κ1) is 14.1. The van der Waals surface area contributed by atoms with Crippen molar-refractivity contribution in [2.45, 2.75) is 25.7 Å². The molecule has 0 radical (unpaired) electrons. The molecule has 0 bridgehead atoms. The van der Waals surface area contributed by atoms with Crippen molar-refractivity contribution in [3.8, 4) is 5.75 Å². The van der Waals surface area contributed by atoms with Gasteiger partial charge < -0.3 is 15.8 Å². The molecule has 0 atom stereocenters. The minimum absolute atomic E-state index is 0.639. The molecule has 96 valence electrons. The van der Waals surface area contributed by atoms with E-state index in [9.17, 15) is 0 Å². The Hall–Kier alpha value is -0.930. The molecular formula is C13H21ClN2O. The molecule has 0 unspecified atom stereocenters. The summed E-state index contributed by atoms with van der Waals surface area (Å²) in [4.78, 5) is 0. The molecule has 4 heteroatoms. The molecule has 1 aromatic rings. The van der Waals surface area contributed by atoms with Crippen LogP contribution in [0.15, 0.2) is 18.2 Å². The van der Waals surface area contributed by atoms with Crippen LogP contribution in [0.3, 0.4) is 0 Å². The monoisotopic (exact) mass is 256 g/mol. The average molecular weight is 257 g/mol. The summed E-state index contributed by atoms with van der Waals surface area (Å²) in [5.41, 5.74) is 6.47. The van der Waals surface area contributed by atoms with E-state index >= 15 is 0 Å². The smallest absolute Gasteiger partial charge is 0.137 e. The number of hydrogen-bond acceptors (Lipinski definition) is 3. The molecule has 0 aliphatic rings. The topological polar surface area (TPSA) is 47.3 Å². The van der Waals surface area contributed by atoms with E-state index < -0.39 is 0 Å². The number of unbranched alkanes of at least 4 members (excludes halogenated alkanes) is 3. The van der Waals surface area contributed by atoms with Crippen LogP contribution in [-0.4, -0.2) is 20.2 Å². The Labute approximate surface area is 108 Å². The Morgan fingerprint density at radius 1 is 1.24 bits per heavy atom. The SMILES string of the molecule is COc1ccc(NCCCCCCN)cc1Cl. The molecule has 0 saturated heterocycles. The summed E-state index contributed by atoms with van der Waals surface area (Å²) in [6.45, 7) is 1.76. The number of anilines is 1. The minimum Gasteiger partial charge on any atom is -0.495 e. The summed E-state index contributed by atoms with van der Waals surface area (Å²) in [7, 11) is 1.62. The maximum absolute atomic E-state index is 6.03.